The lowest BCUT2D eigenvalue weighted by Crippen LogP contribution is -3.14. The van der Waals surface area contributed by atoms with E-state index in [1.807, 2.05) is 32.0 Å². The molecule has 1 aliphatic rings. The van der Waals surface area contributed by atoms with Crippen molar-refractivity contribution < 1.29 is 24.0 Å². The number of carbonyl (C=O) groups is 1. The molecule has 3 N–H and O–H groups in total. The normalized spacial score (nSPS) is 21.4. The summed E-state index contributed by atoms with van der Waals surface area (Å²) in [7, 11) is 0. The zero-order valence-corrected chi connectivity index (χ0v) is 18.8. The summed E-state index contributed by atoms with van der Waals surface area (Å²) in [5, 5.41) is 14.5. The van der Waals surface area contributed by atoms with E-state index < -0.39 is 0 Å². The third-order valence-corrected chi connectivity index (χ3v) is 6.02. The van der Waals surface area contributed by atoms with E-state index in [0.29, 0.717) is 28.8 Å². The van der Waals surface area contributed by atoms with Gasteiger partial charge in [0.2, 0.25) is 0 Å². The SMILES string of the molecule is Cc1ccc(NC(=O)c2c(C)oc3ccc(O)c(C[NH+]4C[C@@H](C)O[C@@H](C)C4)c23)c(C)c1. The van der Waals surface area contributed by atoms with Gasteiger partial charge in [-0.3, -0.25) is 4.79 Å². The first kappa shape index (κ1) is 21.4. The number of phenols is 1. The molecule has 1 unspecified atom stereocenters. The van der Waals surface area contributed by atoms with Crippen molar-refractivity contribution in [3.63, 3.8) is 0 Å². The maximum absolute atomic E-state index is 13.3. The van der Waals surface area contributed by atoms with Crippen LogP contribution in [0.1, 0.15) is 46.7 Å². The van der Waals surface area contributed by atoms with Crippen molar-refractivity contribution in [3.05, 3.63) is 58.3 Å². The minimum absolute atomic E-state index is 0.151. The van der Waals surface area contributed by atoms with Crippen LogP contribution < -0.4 is 10.2 Å². The number of nitrogens with one attached hydrogen (secondary N) is 2. The smallest absolute Gasteiger partial charge is 0.259 e. The highest BCUT2D eigenvalue weighted by atomic mass is 16.5. The summed E-state index contributed by atoms with van der Waals surface area (Å²) in [6, 6.07) is 9.31. The first-order chi connectivity index (χ1) is 14.7. The molecule has 2 heterocycles. The molecule has 3 atom stereocenters. The first-order valence-corrected chi connectivity index (χ1v) is 10.8. The number of rotatable bonds is 4. The number of aromatic hydroxyl groups is 1. The largest absolute Gasteiger partial charge is 0.507 e. The minimum atomic E-state index is -0.228. The molecule has 0 aliphatic carbocycles. The van der Waals surface area contributed by atoms with E-state index in [1.165, 1.54) is 4.90 Å². The average molecular weight is 424 g/mol. The molecule has 1 aliphatic heterocycles. The fourth-order valence-corrected chi connectivity index (χ4v) is 4.74. The Hall–Kier alpha value is -2.83. The summed E-state index contributed by atoms with van der Waals surface area (Å²) in [5.74, 6) is 0.504. The monoisotopic (exact) mass is 423 g/mol. The van der Waals surface area contributed by atoms with Crippen molar-refractivity contribution in [2.45, 2.75) is 53.4 Å². The number of phenolic OH excluding ortho intramolecular Hbond substituents is 1. The molecular formula is C25H31N2O4+. The molecule has 6 heteroatoms. The lowest BCUT2D eigenvalue weighted by molar-refractivity contribution is -0.928. The standard InChI is InChI=1S/C25H30N2O4/c1-14-6-7-20(15(2)10-14)26-25(29)23-18(5)31-22-9-8-21(28)19(24(22)23)13-27-11-16(3)30-17(4)12-27/h6-10,16-17,28H,11-13H2,1-5H3,(H,26,29)/p+1/t16-,17+. The van der Waals surface area contributed by atoms with Crippen LogP contribution in [0.5, 0.6) is 5.75 Å². The number of quaternary nitrogens is 1. The van der Waals surface area contributed by atoms with Crippen LogP contribution in [-0.2, 0) is 11.3 Å². The number of anilines is 1. The van der Waals surface area contributed by atoms with Crippen LogP contribution in [0.4, 0.5) is 5.69 Å². The van der Waals surface area contributed by atoms with Crippen LogP contribution in [0, 0.1) is 20.8 Å². The molecule has 31 heavy (non-hydrogen) atoms. The quantitative estimate of drug-likeness (QED) is 0.600. The number of aryl methyl sites for hydroxylation is 3. The molecule has 1 saturated heterocycles. The van der Waals surface area contributed by atoms with Gasteiger partial charge in [0.05, 0.1) is 11.1 Å². The molecule has 1 fully saturated rings. The first-order valence-electron chi connectivity index (χ1n) is 10.8. The predicted molar refractivity (Wildman–Crippen MR) is 121 cm³/mol. The second-order valence-corrected chi connectivity index (χ2v) is 8.83. The van der Waals surface area contributed by atoms with Crippen molar-refractivity contribution in [2.75, 3.05) is 18.4 Å². The number of furan rings is 1. The van der Waals surface area contributed by atoms with Crippen molar-refractivity contribution in [1.29, 1.82) is 0 Å². The van der Waals surface area contributed by atoms with Gasteiger partial charge in [0, 0.05) is 11.1 Å². The molecule has 6 nitrogen and oxygen atoms in total. The van der Waals surface area contributed by atoms with E-state index in [4.69, 9.17) is 9.15 Å². The van der Waals surface area contributed by atoms with Crippen LogP contribution in [0.25, 0.3) is 11.0 Å². The summed E-state index contributed by atoms with van der Waals surface area (Å²) in [4.78, 5) is 14.6. The molecule has 2 aromatic carbocycles. The third-order valence-electron chi connectivity index (χ3n) is 6.02. The van der Waals surface area contributed by atoms with Crippen molar-refractivity contribution in [2.24, 2.45) is 0 Å². The van der Waals surface area contributed by atoms with Crippen LogP contribution >= 0.6 is 0 Å². The van der Waals surface area contributed by atoms with Gasteiger partial charge in [0.15, 0.2) is 0 Å². The third kappa shape index (κ3) is 4.31. The number of morpholine rings is 1. The topological polar surface area (TPSA) is 76.1 Å². The number of carbonyl (C=O) groups excluding carboxylic acids is 1. The molecule has 4 rings (SSSR count). The summed E-state index contributed by atoms with van der Waals surface area (Å²) >= 11 is 0. The van der Waals surface area contributed by atoms with Crippen LogP contribution in [0.2, 0.25) is 0 Å². The Kier molecular flexibility index (Phi) is 5.77. The molecule has 1 amide bonds. The highest BCUT2D eigenvalue weighted by molar-refractivity contribution is 6.14. The van der Waals surface area contributed by atoms with Crippen LogP contribution in [-0.4, -0.2) is 36.3 Å². The van der Waals surface area contributed by atoms with E-state index in [-0.39, 0.29) is 23.9 Å². The summed E-state index contributed by atoms with van der Waals surface area (Å²) < 4.78 is 11.8. The lowest BCUT2D eigenvalue weighted by Gasteiger charge is -2.32. The van der Waals surface area contributed by atoms with Gasteiger partial charge < -0.3 is 24.5 Å². The van der Waals surface area contributed by atoms with Gasteiger partial charge in [-0.05, 0) is 58.4 Å². The Morgan fingerprint density at radius 3 is 2.52 bits per heavy atom. The number of hydrogen-bond donors (Lipinski definition) is 3. The molecule has 0 bridgehead atoms. The molecule has 1 aromatic heterocycles. The van der Waals surface area contributed by atoms with E-state index in [9.17, 15) is 9.90 Å². The maximum atomic E-state index is 13.3. The summed E-state index contributed by atoms with van der Waals surface area (Å²) in [6.07, 6.45) is 0.303. The molecular weight excluding hydrogens is 392 g/mol. The molecule has 164 valence electrons. The van der Waals surface area contributed by atoms with E-state index >= 15 is 0 Å². The fourth-order valence-electron chi connectivity index (χ4n) is 4.74. The van der Waals surface area contributed by atoms with Crippen LogP contribution in [0.3, 0.4) is 0 Å². The molecule has 3 aromatic rings. The predicted octanol–water partition coefficient (Wildman–Crippen LogP) is 3.51. The van der Waals surface area contributed by atoms with Crippen molar-refractivity contribution in [3.8, 4) is 5.75 Å². The number of amides is 1. The maximum Gasteiger partial charge on any atom is 0.259 e. The van der Waals surface area contributed by atoms with Crippen LogP contribution in [0.15, 0.2) is 34.7 Å². The van der Waals surface area contributed by atoms with Crippen molar-refractivity contribution in [1.82, 2.24) is 0 Å². The van der Waals surface area contributed by atoms with E-state index in [2.05, 4.69) is 19.2 Å². The number of benzene rings is 2. The Morgan fingerprint density at radius 1 is 1.13 bits per heavy atom. The second kappa shape index (κ2) is 8.36. The lowest BCUT2D eigenvalue weighted by atomic mass is 10.0. The number of ether oxygens (including phenoxy) is 1. The number of fused-ring (bicyclic) bond motifs is 1. The Labute approximate surface area is 182 Å². The molecule has 0 spiro atoms. The van der Waals surface area contributed by atoms with Gasteiger partial charge in [-0.1, -0.05) is 17.7 Å². The van der Waals surface area contributed by atoms with E-state index in [1.54, 1.807) is 19.1 Å². The van der Waals surface area contributed by atoms with Gasteiger partial charge in [0.1, 0.15) is 48.9 Å². The number of hydrogen-bond acceptors (Lipinski definition) is 4. The zero-order chi connectivity index (χ0) is 22.3. The Balaban J connectivity index is 1.73. The van der Waals surface area contributed by atoms with E-state index in [0.717, 1.165) is 35.5 Å². The van der Waals surface area contributed by atoms with Gasteiger partial charge >= 0.3 is 0 Å². The van der Waals surface area contributed by atoms with Gasteiger partial charge in [-0.15, -0.1) is 0 Å². The summed E-state index contributed by atoms with van der Waals surface area (Å²) in [6.45, 7) is 12.2. The summed E-state index contributed by atoms with van der Waals surface area (Å²) in [5.41, 5.74) is 4.76. The Bertz CT molecular complexity index is 1120. The molecule has 0 saturated carbocycles. The molecule has 0 radical (unpaired) electrons. The fraction of sp³-hybridized carbons (Fsp3) is 0.400. The zero-order valence-electron chi connectivity index (χ0n) is 18.8. The highest BCUT2D eigenvalue weighted by Crippen LogP contribution is 2.34. The highest BCUT2D eigenvalue weighted by Gasteiger charge is 2.29. The van der Waals surface area contributed by atoms with Gasteiger partial charge in [0.25, 0.3) is 5.91 Å². The van der Waals surface area contributed by atoms with Crippen molar-refractivity contribution >= 4 is 22.6 Å². The Morgan fingerprint density at radius 2 is 1.84 bits per heavy atom. The van der Waals surface area contributed by atoms with Gasteiger partial charge in [-0.2, -0.15) is 0 Å². The average Bonchev–Trinajstić information content (AvgIpc) is 3.02. The second-order valence-electron chi connectivity index (χ2n) is 8.83. The minimum Gasteiger partial charge on any atom is -0.507 e. The van der Waals surface area contributed by atoms with Gasteiger partial charge in [-0.25, -0.2) is 0 Å².